The maximum atomic E-state index is 12.4. The standard InChI is InChI=1S/C20H19N5O3/c1-20(2)14(15(20)19(27)28)18(26)22-13-7-5-11(6-8-13)16-23-17(25-24-16)12-4-3-9-21-10-12/h3-10,14-15H,1-2H3,(H,22,26)(H,27,28)(H,23,24,25)/t14-,15+/m0/s1. The summed E-state index contributed by atoms with van der Waals surface area (Å²) in [6, 6.07) is 10.8. The predicted octanol–water partition coefficient (Wildman–Crippen LogP) is 2.83. The number of benzene rings is 1. The van der Waals surface area contributed by atoms with Gasteiger partial charge in [-0.3, -0.25) is 19.7 Å². The molecule has 0 saturated heterocycles. The molecule has 8 heteroatoms. The number of nitrogens with one attached hydrogen (secondary N) is 2. The van der Waals surface area contributed by atoms with Gasteiger partial charge in [0.2, 0.25) is 5.91 Å². The van der Waals surface area contributed by atoms with Gasteiger partial charge < -0.3 is 10.4 Å². The predicted molar refractivity (Wildman–Crippen MR) is 102 cm³/mol. The molecule has 0 unspecified atom stereocenters. The van der Waals surface area contributed by atoms with E-state index in [1.54, 1.807) is 38.4 Å². The number of carboxylic acids is 1. The largest absolute Gasteiger partial charge is 0.481 e. The number of carboxylic acid groups (broad SMARTS) is 1. The third kappa shape index (κ3) is 3.13. The molecular weight excluding hydrogens is 358 g/mol. The van der Waals surface area contributed by atoms with Crippen molar-refractivity contribution in [3.8, 4) is 22.8 Å². The Morgan fingerprint density at radius 3 is 2.46 bits per heavy atom. The zero-order valence-corrected chi connectivity index (χ0v) is 15.4. The first kappa shape index (κ1) is 17.8. The van der Waals surface area contributed by atoms with Gasteiger partial charge in [-0.05, 0) is 41.8 Å². The van der Waals surface area contributed by atoms with Crippen molar-refractivity contribution in [2.45, 2.75) is 13.8 Å². The van der Waals surface area contributed by atoms with Crippen LogP contribution in [0.25, 0.3) is 22.8 Å². The highest BCUT2D eigenvalue weighted by Crippen LogP contribution is 2.58. The summed E-state index contributed by atoms with van der Waals surface area (Å²) in [6.07, 6.45) is 3.38. The van der Waals surface area contributed by atoms with Crippen LogP contribution in [0.5, 0.6) is 0 Å². The van der Waals surface area contributed by atoms with E-state index in [1.165, 1.54) is 0 Å². The molecule has 0 aliphatic heterocycles. The minimum Gasteiger partial charge on any atom is -0.481 e. The number of aromatic nitrogens is 4. The summed E-state index contributed by atoms with van der Waals surface area (Å²) in [4.78, 5) is 32.2. The highest BCUT2D eigenvalue weighted by atomic mass is 16.4. The number of carbonyl (C=O) groups is 2. The number of hydrogen-bond donors (Lipinski definition) is 3. The molecule has 1 aromatic carbocycles. The molecule has 1 aliphatic carbocycles. The fraction of sp³-hybridized carbons (Fsp3) is 0.250. The number of hydrogen-bond acceptors (Lipinski definition) is 5. The Morgan fingerprint density at radius 1 is 1.11 bits per heavy atom. The van der Waals surface area contributed by atoms with E-state index in [2.05, 4.69) is 25.5 Å². The molecule has 3 aromatic rings. The van der Waals surface area contributed by atoms with Gasteiger partial charge in [0, 0.05) is 29.2 Å². The number of carbonyl (C=O) groups excluding carboxylic acids is 1. The van der Waals surface area contributed by atoms with E-state index in [1.807, 2.05) is 24.3 Å². The molecule has 2 atom stereocenters. The number of aliphatic carboxylic acids is 1. The fourth-order valence-electron chi connectivity index (χ4n) is 3.53. The van der Waals surface area contributed by atoms with Gasteiger partial charge in [-0.1, -0.05) is 13.8 Å². The van der Waals surface area contributed by atoms with Crippen LogP contribution < -0.4 is 5.32 Å². The van der Waals surface area contributed by atoms with Crippen molar-refractivity contribution in [1.29, 1.82) is 0 Å². The summed E-state index contributed by atoms with van der Waals surface area (Å²) in [7, 11) is 0. The van der Waals surface area contributed by atoms with Crippen molar-refractivity contribution in [1.82, 2.24) is 20.2 Å². The first-order chi connectivity index (χ1) is 13.4. The summed E-state index contributed by atoms with van der Waals surface area (Å²) in [5.74, 6) is -1.23. The molecule has 142 valence electrons. The second-order valence-corrected chi connectivity index (χ2v) is 7.43. The monoisotopic (exact) mass is 377 g/mol. The highest BCUT2D eigenvalue weighted by molar-refractivity contribution is 5.99. The van der Waals surface area contributed by atoms with Crippen LogP contribution in [-0.4, -0.2) is 37.1 Å². The Labute approximate surface area is 161 Å². The van der Waals surface area contributed by atoms with Crippen molar-refractivity contribution < 1.29 is 14.7 Å². The molecule has 28 heavy (non-hydrogen) atoms. The minimum atomic E-state index is -0.935. The number of amides is 1. The third-order valence-electron chi connectivity index (χ3n) is 5.21. The van der Waals surface area contributed by atoms with E-state index < -0.39 is 23.2 Å². The molecule has 0 radical (unpaired) electrons. The van der Waals surface area contributed by atoms with E-state index in [0.29, 0.717) is 17.3 Å². The van der Waals surface area contributed by atoms with Crippen LogP contribution in [0.2, 0.25) is 0 Å². The normalized spacial score (nSPS) is 19.8. The molecule has 1 aliphatic rings. The van der Waals surface area contributed by atoms with Crippen molar-refractivity contribution in [3.05, 3.63) is 48.8 Å². The lowest BCUT2D eigenvalue weighted by molar-refractivity contribution is -0.140. The topological polar surface area (TPSA) is 121 Å². The maximum absolute atomic E-state index is 12.4. The first-order valence-electron chi connectivity index (χ1n) is 8.85. The van der Waals surface area contributed by atoms with Crippen molar-refractivity contribution in [2.24, 2.45) is 17.3 Å². The average molecular weight is 377 g/mol. The quantitative estimate of drug-likeness (QED) is 0.629. The van der Waals surface area contributed by atoms with Crippen LogP contribution in [0, 0.1) is 17.3 Å². The summed E-state index contributed by atoms with van der Waals surface area (Å²) in [5, 5.41) is 19.1. The molecule has 0 bridgehead atoms. The zero-order valence-electron chi connectivity index (χ0n) is 15.4. The van der Waals surface area contributed by atoms with Crippen LogP contribution in [0.1, 0.15) is 13.8 Å². The molecule has 8 nitrogen and oxygen atoms in total. The van der Waals surface area contributed by atoms with Crippen LogP contribution in [0.4, 0.5) is 5.69 Å². The van der Waals surface area contributed by atoms with E-state index in [9.17, 15) is 14.7 Å². The summed E-state index contributed by atoms with van der Waals surface area (Å²) < 4.78 is 0. The maximum Gasteiger partial charge on any atom is 0.307 e. The Balaban J connectivity index is 1.46. The van der Waals surface area contributed by atoms with E-state index in [4.69, 9.17) is 0 Å². The summed E-state index contributed by atoms with van der Waals surface area (Å²) >= 11 is 0. The number of pyridine rings is 1. The van der Waals surface area contributed by atoms with Gasteiger partial charge in [-0.2, -0.15) is 5.10 Å². The molecule has 1 amide bonds. The number of H-pyrrole nitrogens is 1. The van der Waals surface area contributed by atoms with E-state index in [-0.39, 0.29) is 5.91 Å². The molecule has 0 spiro atoms. The number of aromatic amines is 1. The molecule has 2 heterocycles. The van der Waals surface area contributed by atoms with Gasteiger partial charge in [0.15, 0.2) is 11.6 Å². The lowest BCUT2D eigenvalue weighted by atomic mass is 10.1. The van der Waals surface area contributed by atoms with E-state index in [0.717, 1.165) is 11.1 Å². The Morgan fingerprint density at radius 2 is 1.86 bits per heavy atom. The van der Waals surface area contributed by atoms with Gasteiger partial charge in [0.05, 0.1) is 11.8 Å². The lowest BCUT2D eigenvalue weighted by Crippen LogP contribution is -2.17. The minimum absolute atomic E-state index is 0.274. The molecular formula is C20H19N5O3. The molecule has 1 saturated carbocycles. The zero-order chi connectivity index (χ0) is 19.9. The molecule has 1 fully saturated rings. The van der Waals surface area contributed by atoms with Gasteiger partial charge >= 0.3 is 5.97 Å². The fourth-order valence-corrected chi connectivity index (χ4v) is 3.53. The van der Waals surface area contributed by atoms with Crippen molar-refractivity contribution in [3.63, 3.8) is 0 Å². The Kier molecular flexibility index (Phi) is 4.18. The first-order valence-corrected chi connectivity index (χ1v) is 8.85. The van der Waals surface area contributed by atoms with Crippen LogP contribution in [0.3, 0.4) is 0 Å². The second kappa shape index (κ2) is 6.56. The SMILES string of the molecule is CC1(C)[C@H](C(=O)Nc2ccc(-c3nc(-c4cccnc4)n[nH]3)cc2)[C@@H]1C(=O)O. The van der Waals surface area contributed by atoms with Crippen LogP contribution in [0.15, 0.2) is 48.8 Å². The highest BCUT2D eigenvalue weighted by Gasteiger charge is 2.65. The van der Waals surface area contributed by atoms with Crippen molar-refractivity contribution >= 4 is 17.6 Å². The van der Waals surface area contributed by atoms with Crippen LogP contribution in [-0.2, 0) is 9.59 Å². The smallest absolute Gasteiger partial charge is 0.307 e. The number of nitrogens with zero attached hydrogens (tertiary/aromatic N) is 3. The van der Waals surface area contributed by atoms with Gasteiger partial charge in [0.1, 0.15) is 0 Å². The van der Waals surface area contributed by atoms with E-state index >= 15 is 0 Å². The number of anilines is 1. The van der Waals surface area contributed by atoms with Crippen LogP contribution >= 0.6 is 0 Å². The Bertz CT molecular complexity index is 1030. The molecule has 2 aromatic heterocycles. The van der Waals surface area contributed by atoms with Gasteiger partial charge in [0.25, 0.3) is 0 Å². The lowest BCUT2D eigenvalue weighted by Gasteiger charge is -2.06. The summed E-state index contributed by atoms with van der Waals surface area (Å²) in [6.45, 7) is 3.59. The second-order valence-electron chi connectivity index (χ2n) is 7.43. The summed E-state index contributed by atoms with van der Waals surface area (Å²) in [5.41, 5.74) is 1.70. The molecule has 4 rings (SSSR count). The van der Waals surface area contributed by atoms with Crippen molar-refractivity contribution in [2.75, 3.05) is 5.32 Å². The Hall–Kier alpha value is -3.55. The average Bonchev–Trinajstić information content (AvgIpc) is 3.03. The van der Waals surface area contributed by atoms with Gasteiger partial charge in [-0.25, -0.2) is 4.98 Å². The number of rotatable bonds is 5. The third-order valence-corrected chi connectivity index (χ3v) is 5.21. The van der Waals surface area contributed by atoms with Gasteiger partial charge in [-0.15, -0.1) is 0 Å². The molecule has 3 N–H and O–H groups in total.